The molecule has 5 N–H and O–H groups in total. The Morgan fingerprint density at radius 2 is 1.95 bits per heavy atom. The number of aliphatic imine (C=N–C) groups is 1. The molecule has 12 heteroatoms. The molecule has 2 aliphatic heterocycles. The van der Waals surface area contributed by atoms with Crippen molar-refractivity contribution in [2.75, 3.05) is 25.5 Å². The number of rotatable bonds is 5. The van der Waals surface area contributed by atoms with Gasteiger partial charge in [0.25, 0.3) is 0 Å². The maximum absolute atomic E-state index is 12.8. The maximum Gasteiger partial charge on any atom is 0.227 e. The molecule has 0 aromatic carbocycles. The lowest BCUT2D eigenvalue weighted by Gasteiger charge is -2.28. The molecule has 1 unspecified atom stereocenters. The monoisotopic (exact) mass is 498 g/mol. The number of aromatic amines is 2. The summed E-state index contributed by atoms with van der Waals surface area (Å²) >= 11 is 0. The summed E-state index contributed by atoms with van der Waals surface area (Å²) in [6.45, 7) is 1.84. The summed E-state index contributed by atoms with van der Waals surface area (Å²) in [5.74, 6) is 0.0232. The van der Waals surface area contributed by atoms with Crippen LogP contribution in [0.25, 0.3) is 33.7 Å². The number of imidazole rings is 1. The van der Waals surface area contributed by atoms with Crippen molar-refractivity contribution in [3.05, 3.63) is 36.4 Å². The predicted molar refractivity (Wildman–Crippen MR) is 138 cm³/mol. The Morgan fingerprint density at radius 3 is 2.76 bits per heavy atom. The van der Waals surface area contributed by atoms with Crippen LogP contribution in [-0.2, 0) is 9.59 Å². The van der Waals surface area contributed by atoms with Crippen LogP contribution in [0.2, 0.25) is 0 Å². The first kappa shape index (κ1) is 23.0. The minimum Gasteiger partial charge on any atom is -0.369 e. The summed E-state index contributed by atoms with van der Waals surface area (Å²) in [7, 11) is 2.07. The molecule has 6 rings (SSSR count). The molecule has 12 nitrogen and oxygen atoms in total. The molecule has 188 valence electrons. The van der Waals surface area contributed by atoms with Gasteiger partial charge >= 0.3 is 0 Å². The molecule has 2 aliphatic rings. The van der Waals surface area contributed by atoms with Crippen molar-refractivity contribution in [2.45, 2.75) is 25.2 Å². The molecular formula is C25H26N10O2. The number of amides is 2. The Morgan fingerprint density at radius 1 is 1.14 bits per heavy atom. The van der Waals surface area contributed by atoms with E-state index < -0.39 is 11.8 Å². The van der Waals surface area contributed by atoms with Crippen molar-refractivity contribution in [1.82, 2.24) is 35.0 Å². The van der Waals surface area contributed by atoms with Crippen molar-refractivity contribution in [2.24, 2.45) is 16.6 Å². The first-order valence-electron chi connectivity index (χ1n) is 12.2. The Labute approximate surface area is 211 Å². The Balaban J connectivity index is 1.29. The van der Waals surface area contributed by atoms with Crippen LogP contribution in [0.15, 0.2) is 35.7 Å². The fourth-order valence-electron chi connectivity index (χ4n) is 4.88. The summed E-state index contributed by atoms with van der Waals surface area (Å²) < 4.78 is 0. The number of nitrogens with two attached hydrogens (primary N) is 1. The van der Waals surface area contributed by atoms with Crippen LogP contribution in [-0.4, -0.2) is 73.2 Å². The third-order valence-electron chi connectivity index (χ3n) is 7.03. The second-order valence-electron chi connectivity index (χ2n) is 9.55. The number of hydrogen-bond acceptors (Lipinski definition) is 8. The Kier molecular flexibility index (Phi) is 5.72. The first-order valence-corrected chi connectivity index (χ1v) is 12.2. The number of anilines is 1. The number of nitrogens with one attached hydrogen (secondary N) is 3. The summed E-state index contributed by atoms with van der Waals surface area (Å²) in [6.07, 6.45) is 8.87. The highest BCUT2D eigenvalue weighted by Gasteiger charge is 2.28. The highest BCUT2D eigenvalue weighted by atomic mass is 16.2. The van der Waals surface area contributed by atoms with Crippen molar-refractivity contribution in [3.63, 3.8) is 0 Å². The largest absolute Gasteiger partial charge is 0.369 e. The van der Waals surface area contributed by atoms with E-state index in [1.54, 1.807) is 24.8 Å². The van der Waals surface area contributed by atoms with E-state index in [0.29, 0.717) is 40.8 Å². The lowest BCUT2D eigenvalue weighted by atomic mass is 9.96. The van der Waals surface area contributed by atoms with Crippen molar-refractivity contribution < 1.29 is 9.59 Å². The third-order valence-corrected chi connectivity index (χ3v) is 7.03. The second-order valence-corrected chi connectivity index (χ2v) is 9.55. The summed E-state index contributed by atoms with van der Waals surface area (Å²) in [5.41, 5.74) is 9.55. The van der Waals surface area contributed by atoms with Gasteiger partial charge in [-0.05, 0) is 45.1 Å². The zero-order chi connectivity index (χ0) is 25.5. The number of H-pyrrole nitrogens is 2. The van der Waals surface area contributed by atoms with Gasteiger partial charge < -0.3 is 20.9 Å². The lowest BCUT2D eigenvalue weighted by molar-refractivity contribution is -0.121. The van der Waals surface area contributed by atoms with Gasteiger partial charge in [-0.3, -0.25) is 19.7 Å². The minimum atomic E-state index is -0.504. The van der Waals surface area contributed by atoms with E-state index in [1.807, 2.05) is 12.1 Å². The lowest BCUT2D eigenvalue weighted by Crippen LogP contribution is -2.35. The van der Waals surface area contributed by atoms with E-state index in [4.69, 9.17) is 5.73 Å². The van der Waals surface area contributed by atoms with Gasteiger partial charge in [-0.15, -0.1) is 0 Å². The predicted octanol–water partition coefficient (Wildman–Crippen LogP) is 2.37. The Bertz CT molecular complexity index is 1530. The van der Waals surface area contributed by atoms with E-state index in [9.17, 15) is 9.59 Å². The normalized spacial score (nSPS) is 18.1. The molecule has 4 aromatic rings. The molecule has 1 saturated heterocycles. The van der Waals surface area contributed by atoms with E-state index >= 15 is 0 Å². The van der Waals surface area contributed by atoms with Crippen LogP contribution in [0.3, 0.4) is 0 Å². The molecule has 0 saturated carbocycles. The number of primary amides is 1. The van der Waals surface area contributed by atoms with Gasteiger partial charge in [-0.1, -0.05) is 0 Å². The molecule has 4 aromatic heterocycles. The van der Waals surface area contributed by atoms with Crippen LogP contribution in [0, 0.1) is 5.92 Å². The zero-order valence-electron chi connectivity index (χ0n) is 20.2. The van der Waals surface area contributed by atoms with Gasteiger partial charge in [0.05, 0.1) is 28.9 Å². The van der Waals surface area contributed by atoms with E-state index in [2.05, 4.69) is 52.4 Å². The number of pyridine rings is 2. The van der Waals surface area contributed by atoms with Crippen LogP contribution in [0.4, 0.5) is 11.5 Å². The number of piperidine rings is 1. The average molecular weight is 499 g/mol. The average Bonchev–Trinajstić information content (AvgIpc) is 3.52. The Hall–Kier alpha value is -4.45. The number of nitrogens with zero attached hydrogens (tertiary/aromatic N) is 6. The SMILES string of the molecule is CN1CCC(C(=O)Nc2cncc(-c3cnc4n[nH]c(-c5nc6c([nH]5)C(C(N)=O)CC=N6)c4c3)c2)CC1. The molecule has 0 aliphatic carbocycles. The second kappa shape index (κ2) is 9.21. The first-order chi connectivity index (χ1) is 18.0. The molecule has 0 radical (unpaired) electrons. The molecule has 1 fully saturated rings. The third kappa shape index (κ3) is 4.35. The van der Waals surface area contributed by atoms with E-state index in [-0.39, 0.29) is 11.8 Å². The molecule has 6 heterocycles. The summed E-state index contributed by atoms with van der Waals surface area (Å²) in [5, 5.41) is 11.1. The van der Waals surface area contributed by atoms with Gasteiger partial charge in [0.15, 0.2) is 17.3 Å². The van der Waals surface area contributed by atoms with E-state index in [0.717, 1.165) is 42.4 Å². The van der Waals surface area contributed by atoms with E-state index in [1.165, 1.54) is 0 Å². The van der Waals surface area contributed by atoms with Gasteiger partial charge in [0.1, 0.15) is 5.69 Å². The van der Waals surface area contributed by atoms with Crippen molar-refractivity contribution in [3.8, 4) is 22.6 Å². The zero-order valence-corrected chi connectivity index (χ0v) is 20.2. The minimum absolute atomic E-state index is 0.00368. The van der Waals surface area contributed by atoms with Crippen LogP contribution < -0.4 is 11.1 Å². The van der Waals surface area contributed by atoms with Crippen LogP contribution >= 0.6 is 0 Å². The van der Waals surface area contributed by atoms with Crippen LogP contribution in [0.5, 0.6) is 0 Å². The molecule has 2 amide bonds. The quantitative estimate of drug-likeness (QED) is 0.327. The van der Waals surface area contributed by atoms with Gasteiger partial charge in [-0.2, -0.15) is 5.10 Å². The van der Waals surface area contributed by atoms with Crippen LogP contribution in [0.1, 0.15) is 30.9 Å². The standard InChI is InChI=1S/C25H26N10O2/c1-35-6-3-13(4-7-35)25(37)30-16-8-14(10-27-12-16)15-9-18-20(33-34-22(18)29-11-15)24-31-19-17(21(26)36)2-5-28-23(19)32-24/h5,8-13,17H,2-4,6-7H2,1H3,(H2,26,36)(H,30,37)(H,31,32)(H,29,33,34). The molecule has 0 spiro atoms. The number of likely N-dealkylation sites (tertiary alicyclic amines) is 1. The molecule has 1 atom stereocenters. The molecule has 0 bridgehead atoms. The molecule has 37 heavy (non-hydrogen) atoms. The number of aromatic nitrogens is 6. The number of fused-ring (bicyclic) bond motifs is 2. The highest BCUT2D eigenvalue weighted by molar-refractivity contribution is 5.95. The fraction of sp³-hybridized carbons (Fsp3) is 0.320. The van der Waals surface area contributed by atoms with Crippen molar-refractivity contribution >= 4 is 40.6 Å². The number of carbonyl (C=O) groups excluding carboxylic acids is 2. The highest BCUT2D eigenvalue weighted by Crippen LogP contribution is 2.35. The van der Waals surface area contributed by atoms with Gasteiger partial charge in [0, 0.05) is 42.1 Å². The summed E-state index contributed by atoms with van der Waals surface area (Å²) in [4.78, 5) is 47.8. The van der Waals surface area contributed by atoms with Crippen molar-refractivity contribution in [1.29, 1.82) is 0 Å². The van der Waals surface area contributed by atoms with Gasteiger partial charge in [-0.25, -0.2) is 15.0 Å². The topological polar surface area (TPSA) is 171 Å². The number of carbonyl (C=O) groups is 2. The maximum atomic E-state index is 12.8. The number of hydrogen-bond donors (Lipinski definition) is 4. The van der Waals surface area contributed by atoms with Gasteiger partial charge in [0.2, 0.25) is 11.8 Å². The smallest absolute Gasteiger partial charge is 0.227 e. The fourth-order valence-corrected chi connectivity index (χ4v) is 4.88. The summed E-state index contributed by atoms with van der Waals surface area (Å²) in [6, 6.07) is 3.83. The molecular weight excluding hydrogens is 472 g/mol.